The van der Waals surface area contributed by atoms with Gasteiger partial charge in [-0.1, -0.05) is 30.3 Å². The van der Waals surface area contributed by atoms with E-state index in [1.807, 2.05) is 30.3 Å². The van der Waals surface area contributed by atoms with Crippen LogP contribution in [0.1, 0.15) is 25.3 Å². The van der Waals surface area contributed by atoms with Gasteiger partial charge in [0.1, 0.15) is 18.7 Å². The van der Waals surface area contributed by atoms with E-state index in [0.29, 0.717) is 19.4 Å². The number of ether oxygens (including phenoxy) is 1. The molecule has 1 heterocycles. The Morgan fingerprint density at radius 1 is 1.35 bits per heavy atom. The van der Waals surface area contributed by atoms with Gasteiger partial charge in [-0.3, -0.25) is 14.5 Å². The molecule has 0 aliphatic carbocycles. The van der Waals surface area contributed by atoms with Crippen molar-refractivity contribution in [1.29, 1.82) is 0 Å². The summed E-state index contributed by atoms with van der Waals surface area (Å²) in [5.41, 5.74) is 6.01. The minimum Gasteiger partial charge on any atom is -0.445 e. The Hall–Kier alpha value is -2.57. The molecule has 0 saturated carbocycles. The van der Waals surface area contributed by atoms with Crippen LogP contribution < -0.4 is 11.1 Å². The van der Waals surface area contributed by atoms with Gasteiger partial charge in [-0.2, -0.15) is 0 Å². The van der Waals surface area contributed by atoms with Gasteiger partial charge in [0, 0.05) is 6.54 Å². The topological polar surface area (TPSA) is 102 Å². The molecule has 1 aliphatic heterocycles. The summed E-state index contributed by atoms with van der Waals surface area (Å²) in [5.74, 6) is -1.000. The van der Waals surface area contributed by atoms with Crippen molar-refractivity contribution in [2.24, 2.45) is 5.73 Å². The summed E-state index contributed by atoms with van der Waals surface area (Å²) >= 11 is 0. The Bertz CT molecular complexity index is 576. The molecule has 3 N–H and O–H groups in total. The molecule has 124 valence electrons. The van der Waals surface area contributed by atoms with E-state index in [1.165, 1.54) is 11.8 Å². The fraction of sp³-hybridized carbons (Fsp3) is 0.438. The monoisotopic (exact) mass is 319 g/mol. The SMILES string of the molecule is C[C@@H](NC(=O)[C@@H]1CCCN1C(=O)OCc1ccccc1)C(N)=O. The molecule has 2 atom stereocenters. The Labute approximate surface area is 134 Å². The number of nitrogens with two attached hydrogens (primary N) is 1. The second-order valence-corrected chi connectivity index (χ2v) is 5.52. The zero-order valence-corrected chi connectivity index (χ0v) is 13.0. The third kappa shape index (κ3) is 4.45. The molecule has 0 aromatic heterocycles. The summed E-state index contributed by atoms with van der Waals surface area (Å²) in [4.78, 5) is 36.8. The molecule has 0 unspecified atom stereocenters. The summed E-state index contributed by atoms with van der Waals surface area (Å²) in [6.45, 7) is 2.12. The van der Waals surface area contributed by atoms with Gasteiger partial charge in [0.05, 0.1) is 0 Å². The van der Waals surface area contributed by atoms with Crippen molar-refractivity contribution < 1.29 is 19.1 Å². The van der Waals surface area contributed by atoms with Crippen LogP contribution in [-0.4, -0.2) is 41.4 Å². The quantitative estimate of drug-likeness (QED) is 0.837. The van der Waals surface area contributed by atoms with Crippen LogP contribution in [0.15, 0.2) is 30.3 Å². The standard InChI is InChI=1S/C16H21N3O4/c1-11(14(17)20)18-15(21)13-8-5-9-19(13)16(22)23-10-12-6-3-2-4-7-12/h2-4,6-7,11,13H,5,8-10H2,1H3,(H2,17,20)(H,18,21)/t11-,13+/m1/s1. The molecule has 0 radical (unpaired) electrons. The lowest BCUT2D eigenvalue weighted by Gasteiger charge is -2.24. The molecule has 3 amide bonds. The summed E-state index contributed by atoms with van der Waals surface area (Å²) < 4.78 is 5.26. The van der Waals surface area contributed by atoms with Crippen LogP contribution in [0.4, 0.5) is 4.79 Å². The summed E-state index contributed by atoms with van der Waals surface area (Å²) in [6, 6.07) is 7.92. The van der Waals surface area contributed by atoms with Gasteiger partial charge in [-0.05, 0) is 25.3 Å². The number of carbonyl (C=O) groups excluding carboxylic acids is 3. The maximum atomic E-state index is 12.2. The summed E-state index contributed by atoms with van der Waals surface area (Å²) in [5, 5.41) is 2.52. The number of hydrogen-bond acceptors (Lipinski definition) is 4. The van der Waals surface area contributed by atoms with Crippen molar-refractivity contribution in [1.82, 2.24) is 10.2 Å². The maximum absolute atomic E-state index is 12.2. The van der Waals surface area contributed by atoms with E-state index in [1.54, 1.807) is 0 Å². The second kappa shape index (κ2) is 7.62. The first-order chi connectivity index (χ1) is 11.0. The molecule has 23 heavy (non-hydrogen) atoms. The third-order valence-electron chi connectivity index (χ3n) is 3.78. The highest BCUT2D eigenvalue weighted by Gasteiger charge is 2.35. The van der Waals surface area contributed by atoms with Crippen molar-refractivity contribution in [3.05, 3.63) is 35.9 Å². The Balaban J connectivity index is 1.91. The van der Waals surface area contributed by atoms with Crippen molar-refractivity contribution in [2.45, 2.75) is 38.5 Å². The second-order valence-electron chi connectivity index (χ2n) is 5.52. The first-order valence-corrected chi connectivity index (χ1v) is 7.56. The average molecular weight is 319 g/mol. The lowest BCUT2D eigenvalue weighted by Crippen LogP contribution is -2.51. The lowest BCUT2D eigenvalue weighted by molar-refractivity contribution is -0.129. The zero-order valence-electron chi connectivity index (χ0n) is 13.0. The predicted molar refractivity (Wildman–Crippen MR) is 83.2 cm³/mol. The molecule has 1 fully saturated rings. The number of nitrogens with one attached hydrogen (secondary N) is 1. The van der Waals surface area contributed by atoms with Crippen molar-refractivity contribution >= 4 is 17.9 Å². The van der Waals surface area contributed by atoms with Crippen LogP contribution in [0.25, 0.3) is 0 Å². The van der Waals surface area contributed by atoms with Gasteiger partial charge in [-0.25, -0.2) is 4.79 Å². The van der Waals surface area contributed by atoms with Crippen molar-refractivity contribution in [2.75, 3.05) is 6.54 Å². The highest BCUT2D eigenvalue weighted by molar-refractivity contribution is 5.90. The van der Waals surface area contributed by atoms with E-state index in [9.17, 15) is 14.4 Å². The molecule has 0 spiro atoms. The van der Waals surface area contributed by atoms with Crippen LogP contribution in [0, 0.1) is 0 Å². The number of rotatable bonds is 5. The average Bonchev–Trinajstić information content (AvgIpc) is 3.03. The first kappa shape index (κ1) is 16.8. The molecular weight excluding hydrogens is 298 g/mol. The fourth-order valence-electron chi connectivity index (χ4n) is 2.44. The molecule has 1 aromatic rings. The van der Waals surface area contributed by atoms with Gasteiger partial charge in [0.25, 0.3) is 0 Å². The zero-order chi connectivity index (χ0) is 16.8. The van der Waals surface area contributed by atoms with Crippen LogP contribution in [0.3, 0.4) is 0 Å². The molecular formula is C16H21N3O4. The highest BCUT2D eigenvalue weighted by atomic mass is 16.6. The number of amides is 3. The van der Waals surface area contributed by atoms with Crippen LogP contribution in [-0.2, 0) is 20.9 Å². The number of carbonyl (C=O) groups is 3. The number of likely N-dealkylation sites (tertiary alicyclic amines) is 1. The molecule has 1 saturated heterocycles. The van der Waals surface area contributed by atoms with E-state index in [2.05, 4.69) is 5.32 Å². The summed E-state index contributed by atoms with van der Waals surface area (Å²) in [6.07, 6.45) is 0.722. The van der Waals surface area contributed by atoms with E-state index in [-0.39, 0.29) is 12.5 Å². The fourth-order valence-corrected chi connectivity index (χ4v) is 2.44. The van der Waals surface area contributed by atoms with Gasteiger partial charge in [0.15, 0.2) is 0 Å². The minimum absolute atomic E-state index is 0.155. The maximum Gasteiger partial charge on any atom is 0.410 e. The molecule has 1 aromatic carbocycles. The van der Waals surface area contributed by atoms with E-state index in [4.69, 9.17) is 10.5 Å². The van der Waals surface area contributed by atoms with Gasteiger partial charge in [-0.15, -0.1) is 0 Å². The number of benzene rings is 1. The Morgan fingerprint density at radius 2 is 2.04 bits per heavy atom. The van der Waals surface area contributed by atoms with E-state index < -0.39 is 24.1 Å². The number of hydrogen-bond donors (Lipinski definition) is 2. The Morgan fingerprint density at radius 3 is 2.70 bits per heavy atom. The van der Waals surface area contributed by atoms with Gasteiger partial charge in [0.2, 0.25) is 11.8 Å². The Kier molecular flexibility index (Phi) is 5.56. The molecule has 0 bridgehead atoms. The van der Waals surface area contributed by atoms with Gasteiger partial charge >= 0.3 is 6.09 Å². The predicted octanol–water partition coefficient (Wildman–Crippen LogP) is 0.778. The number of primary amides is 1. The van der Waals surface area contributed by atoms with Crippen molar-refractivity contribution in [3.63, 3.8) is 0 Å². The van der Waals surface area contributed by atoms with Crippen LogP contribution in [0.5, 0.6) is 0 Å². The van der Waals surface area contributed by atoms with Crippen LogP contribution >= 0.6 is 0 Å². The molecule has 7 heteroatoms. The molecule has 7 nitrogen and oxygen atoms in total. The molecule has 1 aliphatic rings. The smallest absolute Gasteiger partial charge is 0.410 e. The minimum atomic E-state index is -0.773. The van der Waals surface area contributed by atoms with Crippen LogP contribution in [0.2, 0.25) is 0 Å². The van der Waals surface area contributed by atoms with E-state index >= 15 is 0 Å². The van der Waals surface area contributed by atoms with Crippen molar-refractivity contribution in [3.8, 4) is 0 Å². The highest BCUT2D eigenvalue weighted by Crippen LogP contribution is 2.19. The first-order valence-electron chi connectivity index (χ1n) is 7.56. The normalized spacial score (nSPS) is 18.3. The lowest BCUT2D eigenvalue weighted by atomic mass is 10.2. The largest absolute Gasteiger partial charge is 0.445 e. The molecule has 2 rings (SSSR count). The summed E-state index contributed by atoms with van der Waals surface area (Å²) in [7, 11) is 0. The van der Waals surface area contributed by atoms with Gasteiger partial charge < -0.3 is 15.8 Å². The third-order valence-corrected chi connectivity index (χ3v) is 3.78. The number of nitrogens with zero attached hydrogens (tertiary/aromatic N) is 1. The van der Waals surface area contributed by atoms with E-state index in [0.717, 1.165) is 5.56 Å².